The molecule has 0 atom stereocenters. The summed E-state index contributed by atoms with van der Waals surface area (Å²) in [5, 5.41) is 4.30. The fraction of sp³-hybridized carbons (Fsp3) is 0.417. The van der Waals surface area contributed by atoms with Gasteiger partial charge in [0.25, 0.3) is 0 Å². The Morgan fingerprint density at radius 3 is 2.94 bits per heavy atom. The molecule has 1 aromatic heterocycles. The first-order valence-electron chi connectivity index (χ1n) is 5.52. The van der Waals surface area contributed by atoms with Crippen molar-refractivity contribution in [1.82, 2.24) is 9.88 Å². The Bertz CT molecular complexity index is 495. The van der Waals surface area contributed by atoms with Crippen LogP contribution in [0.15, 0.2) is 18.2 Å². The van der Waals surface area contributed by atoms with Gasteiger partial charge >= 0.3 is 0 Å². The molecule has 0 saturated carbocycles. The highest BCUT2D eigenvalue weighted by Crippen LogP contribution is 2.28. The van der Waals surface area contributed by atoms with Crippen LogP contribution in [0.1, 0.15) is 0 Å². The molecule has 0 unspecified atom stereocenters. The molecule has 1 aromatic carbocycles. The predicted octanol–water partition coefficient (Wildman–Crippen LogP) is 2.28. The van der Waals surface area contributed by atoms with Gasteiger partial charge in [-0.3, -0.25) is 0 Å². The van der Waals surface area contributed by atoms with Crippen molar-refractivity contribution in [2.24, 2.45) is 0 Å². The standard InChI is InChI=1S/C12H17N3OS/c1-15(2)7-6-13-12-14-10-8-9(16-3)4-5-11(10)17-12/h4-5,8H,6-7H2,1-3H3,(H,13,14). The summed E-state index contributed by atoms with van der Waals surface area (Å²) < 4.78 is 6.36. The largest absolute Gasteiger partial charge is 0.497 e. The van der Waals surface area contributed by atoms with E-state index in [1.54, 1.807) is 18.4 Å². The van der Waals surface area contributed by atoms with E-state index < -0.39 is 0 Å². The van der Waals surface area contributed by atoms with Crippen LogP contribution in [-0.4, -0.2) is 44.2 Å². The van der Waals surface area contributed by atoms with Gasteiger partial charge in [0, 0.05) is 19.2 Å². The second-order valence-electron chi connectivity index (χ2n) is 4.08. The van der Waals surface area contributed by atoms with E-state index in [9.17, 15) is 0 Å². The third-order valence-corrected chi connectivity index (χ3v) is 3.42. The molecule has 0 bridgehead atoms. The minimum Gasteiger partial charge on any atom is -0.497 e. The summed E-state index contributed by atoms with van der Waals surface area (Å²) in [5.74, 6) is 0.850. The molecule has 0 spiro atoms. The van der Waals surface area contributed by atoms with Crippen LogP contribution in [0.3, 0.4) is 0 Å². The lowest BCUT2D eigenvalue weighted by Gasteiger charge is -2.08. The van der Waals surface area contributed by atoms with E-state index in [0.717, 1.165) is 29.5 Å². The van der Waals surface area contributed by atoms with Crippen molar-refractivity contribution in [3.8, 4) is 5.75 Å². The number of anilines is 1. The molecule has 1 heterocycles. The topological polar surface area (TPSA) is 37.4 Å². The highest BCUT2D eigenvalue weighted by molar-refractivity contribution is 7.22. The third-order valence-electron chi connectivity index (χ3n) is 2.43. The second-order valence-corrected chi connectivity index (χ2v) is 5.11. The first kappa shape index (κ1) is 12.1. The molecule has 0 aliphatic carbocycles. The summed E-state index contributed by atoms with van der Waals surface area (Å²) in [4.78, 5) is 6.67. The molecule has 5 heteroatoms. The number of benzene rings is 1. The van der Waals surface area contributed by atoms with Gasteiger partial charge in [-0.1, -0.05) is 11.3 Å². The van der Waals surface area contributed by atoms with Gasteiger partial charge in [-0.15, -0.1) is 0 Å². The Kier molecular flexibility index (Phi) is 3.81. The number of fused-ring (bicyclic) bond motifs is 1. The lowest BCUT2D eigenvalue weighted by atomic mass is 10.3. The summed E-state index contributed by atoms with van der Waals surface area (Å²) in [5.41, 5.74) is 0.988. The Balaban J connectivity index is 2.09. The molecule has 92 valence electrons. The normalized spacial score (nSPS) is 11.1. The first-order chi connectivity index (χ1) is 8.19. The maximum Gasteiger partial charge on any atom is 0.183 e. The average Bonchev–Trinajstić information content (AvgIpc) is 2.69. The lowest BCUT2D eigenvalue weighted by Crippen LogP contribution is -2.20. The Labute approximate surface area is 105 Å². The van der Waals surface area contributed by atoms with Gasteiger partial charge in [-0.25, -0.2) is 4.98 Å². The van der Waals surface area contributed by atoms with Crippen molar-refractivity contribution in [1.29, 1.82) is 0 Å². The van der Waals surface area contributed by atoms with E-state index in [4.69, 9.17) is 4.74 Å². The molecule has 1 N–H and O–H groups in total. The smallest absolute Gasteiger partial charge is 0.183 e. The zero-order chi connectivity index (χ0) is 12.3. The number of ether oxygens (including phenoxy) is 1. The van der Waals surface area contributed by atoms with Crippen molar-refractivity contribution < 1.29 is 4.74 Å². The van der Waals surface area contributed by atoms with E-state index >= 15 is 0 Å². The minimum absolute atomic E-state index is 0.850. The molecule has 0 aliphatic heterocycles. The van der Waals surface area contributed by atoms with Crippen molar-refractivity contribution in [3.63, 3.8) is 0 Å². The zero-order valence-corrected chi connectivity index (χ0v) is 11.2. The molecular formula is C12H17N3OS. The number of methoxy groups -OCH3 is 1. The van der Waals surface area contributed by atoms with Crippen LogP contribution in [0.2, 0.25) is 0 Å². The highest BCUT2D eigenvalue weighted by Gasteiger charge is 2.04. The van der Waals surface area contributed by atoms with Crippen LogP contribution in [0.4, 0.5) is 5.13 Å². The monoisotopic (exact) mass is 251 g/mol. The number of rotatable bonds is 5. The Hall–Kier alpha value is -1.33. The molecule has 0 amide bonds. The molecule has 2 aromatic rings. The highest BCUT2D eigenvalue weighted by atomic mass is 32.1. The van der Waals surface area contributed by atoms with Gasteiger partial charge in [0.05, 0.1) is 17.3 Å². The van der Waals surface area contributed by atoms with E-state index in [-0.39, 0.29) is 0 Å². The summed E-state index contributed by atoms with van der Waals surface area (Å²) in [6, 6.07) is 5.97. The Morgan fingerprint density at radius 2 is 2.24 bits per heavy atom. The molecule has 4 nitrogen and oxygen atoms in total. The molecule has 2 rings (SSSR count). The number of hydrogen-bond acceptors (Lipinski definition) is 5. The number of likely N-dealkylation sites (N-methyl/N-ethyl adjacent to an activating group) is 1. The van der Waals surface area contributed by atoms with E-state index in [2.05, 4.69) is 29.3 Å². The molecular weight excluding hydrogens is 234 g/mol. The summed E-state index contributed by atoms with van der Waals surface area (Å²) in [7, 11) is 5.79. The minimum atomic E-state index is 0.850. The van der Waals surface area contributed by atoms with Gasteiger partial charge < -0.3 is 15.0 Å². The van der Waals surface area contributed by atoms with Gasteiger partial charge in [0.15, 0.2) is 5.13 Å². The Morgan fingerprint density at radius 1 is 1.41 bits per heavy atom. The van der Waals surface area contributed by atoms with Crippen LogP contribution < -0.4 is 10.1 Å². The first-order valence-corrected chi connectivity index (χ1v) is 6.34. The van der Waals surface area contributed by atoms with Crippen LogP contribution in [0.25, 0.3) is 10.2 Å². The molecule has 0 radical (unpaired) electrons. The van der Waals surface area contributed by atoms with Gasteiger partial charge in [-0.2, -0.15) is 0 Å². The summed E-state index contributed by atoms with van der Waals surface area (Å²) in [6.07, 6.45) is 0. The van der Waals surface area contributed by atoms with E-state index in [0.29, 0.717) is 0 Å². The van der Waals surface area contributed by atoms with Crippen LogP contribution in [-0.2, 0) is 0 Å². The van der Waals surface area contributed by atoms with Crippen LogP contribution >= 0.6 is 11.3 Å². The number of aromatic nitrogens is 1. The third kappa shape index (κ3) is 3.08. The number of nitrogens with zero attached hydrogens (tertiary/aromatic N) is 2. The second kappa shape index (κ2) is 5.33. The molecule has 0 aliphatic rings. The van der Waals surface area contributed by atoms with Crippen molar-refractivity contribution in [2.75, 3.05) is 39.6 Å². The fourth-order valence-corrected chi connectivity index (χ4v) is 2.37. The molecule has 17 heavy (non-hydrogen) atoms. The fourth-order valence-electron chi connectivity index (χ4n) is 1.50. The van der Waals surface area contributed by atoms with E-state index in [1.807, 2.05) is 18.2 Å². The van der Waals surface area contributed by atoms with Gasteiger partial charge in [-0.05, 0) is 26.2 Å². The predicted molar refractivity (Wildman–Crippen MR) is 73.2 cm³/mol. The quantitative estimate of drug-likeness (QED) is 0.884. The number of thiazole rings is 1. The van der Waals surface area contributed by atoms with Crippen LogP contribution in [0.5, 0.6) is 5.75 Å². The van der Waals surface area contributed by atoms with Crippen molar-refractivity contribution in [3.05, 3.63) is 18.2 Å². The number of nitrogens with one attached hydrogen (secondary N) is 1. The number of hydrogen-bond donors (Lipinski definition) is 1. The average molecular weight is 251 g/mol. The van der Waals surface area contributed by atoms with Crippen LogP contribution in [0, 0.1) is 0 Å². The SMILES string of the molecule is COc1ccc2sc(NCCN(C)C)nc2c1. The molecule has 0 saturated heterocycles. The zero-order valence-electron chi connectivity index (χ0n) is 10.4. The summed E-state index contributed by atoms with van der Waals surface area (Å²) >= 11 is 1.67. The van der Waals surface area contributed by atoms with Gasteiger partial charge in [0.2, 0.25) is 0 Å². The van der Waals surface area contributed by atoms with E-state index in [1.165, 1.54) is 4.70 Å². The summed E-state index contributed by atoms with van der Waals surface area (Å²) in [6.45, 7) is 1.91. The maximum atomic E-state index is 5.18. The van der Waals surface area contributed by atoms with Gasteiger partial charge in [0.1, 0.15) is 5.75 Å². The van der Waals surface area contributed by atoms with Crippen molar-refractivity contribution in [2.45, 2.75) is 0 Å². The maximum absolute atomic E-state index is 5.18. The lowest BCUT2D eigenvalue weighted by molar-refractivity contribution is 0.415. The van der Waals surface area contributed by atoms with Crippen molar-refractivity contribution >= 4 is 26.7 Å². The molecule has 0 fully saturated rings.